The number of allylic oxidation sites excluding steroid dienone is 2. The van der Waals surface area contributed by atoms with Gasteiger partial charge in [0.1, 0.15) is 24.6 Å². The van der Waals surface area contributed by atoms with Crippen LogP contribution >= 0.6 is 0 Å². The number of aromatic nitrogens is 4. The summed E-state index contributed by atoms with van der Waals surface area (Å²) in [6.45, 7) is 4.19. The van der Waals surface area contributed by atoms with Crippen LogP contribution in [0.15, 0.2) is 24.3 Å². The molecule has 0 aromatic carbocycles. The average molecular weight is 336 g/mol. The van der Waals surface area contributed by atoms with Gasteiger partial charge in [-0.1, -0.05) is 16.6 Å². The van der Waals surface area contributed by atoms with Gasteiger partial charge >= 0.3 is 0 Å². The summed E-state index contributed by atoms with van der Waals surface area (Å²) in [6.07, 6.45) is 0.957. The van der Waals surface area contributed by atoms with Crippen LogP contribution in [0.2, 0.25) is 0 Å². The fraction of sp³-hybridized carbons (Fsp3) is 0.533. The van der Waals surface area contributed by atoms with Crippen molar-refractivity contribution in [1.29, 1.82) is 0 Å². The molecule has 0 spiro atoms. The van der Waals surface area contributed by atoms with E-state index >= 15 is 0 Å². The van der Waals surface area contributed by atoms with Crippen LogP contribution in [0.4, 0.5) is 5.82 Å². The van der Waals surface area contributed by atoms with Crippen LogP contribution in [-0.2, 0) is 11.3 Å². The third-order valence-corrected chi connectivity index (χ3v) is 4.13. The molecule has 5 N–H and O–H groups in total. The molecule has 1 aliphatic heterocycles. The van der Waals surface area contributed by atoms with E-state index in [-0.39, 0.29) is 6.61 Å². The number of hydrogen-bond donors (Lipinski definition) is 4. The highest BCUT2D eigenvalue weighted by Gasteiger charge is 2.44. The van der Waals surface area contributed by atoms with Crippen LogP contribution in [0, 0.1) is 0 Å². The van der Waals surface area contributed by atoms with Crippen LogP contribution in [0.1, 0.15) is 20.1 Å². The van der Waals surface area contributed by atoms with Gasteiger partial charge in [-0.05, 0) is 13.8 Å². The van der Waals surface area contributed by atoms with Crippen molar-refractivity contribution >= 4 is 17.0 Å². The van der Waals surface area contributed by atoms with Gasteiger partial charge in [0.05, 0.1) is 13.2 Å². The summed E-state index contributed by atoms with van der Waals surface area (Å²) in [4.78, 5) is 8.61. The van der Waals surface area contributed by atoms with Crippen LogP contribution in [0.3, 0.4) is 0 Å². The number of nitrogens with two attached hydrogens (primary N) is 1. The number of nitrogens with zero attached hydrogens (tertiary/aromatic N) is 4. The summed E-state index contributed by atoms with van der Waals surface area (Å²) in [5.74, 6) is 0.447. The molecule has 2 aromatic heterocycles. The molecule has 0 saturated carbocycles. The van der Waals surface area contributed by atoms with Gasteiger partial charge < -0.3 is 25.8 Å². The van der Waals surface area contributed by atoms with Crippen molar-refractivity contribution in [1.82, 2.24) is 14.5 Å². The Morgan fingerprint density at radius 2 is 2.12 bits per heavy atom. The Hall–Kier alpha value is -2.07. The zero-order chi connectivity index (χ0) is 17.4. The Labute approximate surface area is 138 Å². The Bertz CT molecular complexity index is 771. The number of nitrogen functional groups attached to an aromatic ring is 1. The first-order valence-electron chi connectivity index (χ1n) is 7.70. The normalized spacial score (nSPS) is 26.9. The number of fused-ring (bicyclic) bond motifs is 1. The van der Waals surface area contributed by atoms with Crippen molar-refractivity contribution in [2.45, 2.75) is 44.9 Å². The predicted octanol–water partition coefficient (Wildman–Crippen LogP) is -1.12. The number of anilines is 1. The largest absolute Gasteiger partial charge is 0.394 e. The fourth-order valence-corrected chi connectivity index (χ4v) is 2.71. The minimum atomic E-state index is -1.19. The maximum Gasteiger partial charge on any atom is 0.251 e. The number of hydrogen-bond acceptors (Lipinski definition) is 7. The standard InChI is InChI=1S/C15H21N5O4/c1-8(2)3-4-19-6-18-14-10(13(19)16)17-7-20(14)15-12(23)11(22)9(5-21)24-15/h3,6-7,9,11-12,15-16,21-23H,4-5H2,1-2H3/p+1/t9-,11-,12-,15-/m1/s1. The number of ether oxygens (including phenoxy) is 1. The van der Waals surface area contributed by atoms with Crippen molar-refractivity contribution in [3.8, 4) is 0 Å². The topological polar surface area (TPSA) is 131 Å². The van der Waals surface area contributed by atoms with Gasteiger partial charge in [-0.3, -0.25) is 4.57 Å². The molecule has 0 unspecified atom stereocenters. The van der Waals surface area contributed by atoms with Crippen molar-refractivity contribution in [3.63, 3.8) is 0 Å². The van der Waals surface area contributed by atoms with Crippen molar-refractivity contribution < 1.29 is 24.6 Å². The molecule has 0 aliphatic carbocycles. The minimum Gasteiger partial charge on any atom is -0.394 e. The number of aliphatic hydroxyl groups excluding tert-OH is 3. The van der Waals surface area contributed by atoms with E-state index in [9.17, 15) is 15.3 Å². The smallest absolute Gasteiger partial charge is 0.251 e. The van der Waals surface area contributed by atoms with Crippen molar-refractivity contribution in [2.75, 3.05) is 12.3 Å². The summed E-state index contributed by atoms with van der Waals surface area (Å²) in [6, 6.07) is 0. The van der Waals surface area contributed by atoms with Gasteiger partial charge in [-0.15, -0.1) is 0 Å². The summed E-state index contributed by atoms with van der Waals surface area (Å²) in [5.41, 5.74) is 8.25. The van der Waals surface area contributed by atoms with E-state index in [2.05, 4.69) is 9.97 Å². The van der Waals surface area contributed by atoms with Crippen LogP contribution < -0.4 is 10.3 Å². The lowest BCUT2D eigenvalue weighted by molar-refractivity contribution is -0.674. The Balaban J connectivity index is 1.97. The molecule has 0 radical (unpaired) electrons. The summed E-state index contributed by atoms with van der Waals surface area (Å²) in [5, 5.41) is 29.2. The summed E-state index contributed by atoms with van der Waals surface area (Å²) >= 11 is 0. The summed E-state index contributed by atoms with van der Waals surface area (Å²) < 4.78 is 8.79. The van der Waals surface area contributed by atoms with Gasteiger partial charge in [0.15, 0.2) is 11.7 Å². The molecule has 130 valence electrons. The third-order valence-electron chi connectivity index (χ3n) is 4.13. The molecule has 3 rings (SSSR count). The monoisotopic (exact) mass is 336 g/mol. The minimum absolute atomic E-state index is 0.389. The van der Waals surface area contributed by atoms with E-state index < -0.39 is 24.5 Å². The first kappa shape index (κ1) is 16.8. The second kappa shape index (κ2) is 6.44. The van der Waals surface area contributed by atoms with E-state index in [1.165, 1.54) is 16.5 Å². The molecule has 1 aliphatic rings. The SMILES string of the molecule is CC(C)=CC[n+]1cnc2c(ncn2[C@@H]2O[C@H](CO)[C@@H](O)[C@H]2O)c1N. The maximum absolute atomic E-state index is 10.2. The number of imidazole rings is 1. The summed E-state index contributed by atoms with van der Waals surface area (Å²) in [7, 11) is 0. The second-order valence-electron chi connectivity index (χ2n) is 6.12. The molecule has 0 bridgehead atoms. The fourth-order valence-electron chi connectivity index (χ4n) is 2.71. The first-order chi connectivity index (χ1) is 11.4. The molecule has 9 nitrogen and oxygen atoms in total. The molecule has 4 atom stereocenters. The highest BCUT2D eigenvalue weighted by Crippen LogP contribution is 2.31. The van der Waals surface area contributed by atoms with Gasteiger partial charge in [0.25, 0.3) is 5.82 Å². The molecule has 1 saturated heterocycles. The van der Waals surface area contributed by atoms with Crippen LogP contribution in [-0.4, -0.2) is 54.8 Å². The lowest BCUT2D eigenvalue weighted by Gasteiger charge is -2.15. The molecule has 1 fully saturated rings. The zero-order valence-electron chi connectivity index (χ0n) is 13.6. The van der Waals surface area contributed by atoms with Crippen LogP contribution in [0.25, 0.3) is 11.2 Å². The Morgan fingerprint density at radius 1 is 1.38 bits per heavy atom. The average Bonchev–Trinajstić information content (AvgIpc) is 3.09. The first-order valence-corrected chi connectivity index (χ1v) is 7.70. The molecule has 2 aromatic rings. The van der Waals surface area contributed by atoms with E-state index in [4.69, 9.17) is 10.5 Å². The van der Waals surface area contributed by atoms with E-state index in [0.717, 1.165) is 0 Å². The maximum atomic E-state index is 10.2. The quantitative estimate of drug-likeness (QED) is 0.411. The van der Waals surface area contributed by atoms with Crippen molar-refractivity contribution in [2.24, 2.45) is 0 Å². The van der Waals surface area contributed by atoms with Crippen LogP contribution in [0.5, 0.6) is 0 Å². The van der Waals surface area contributed by atoms with Gasteiger partial charge in [-0.2, -0.15) is 0 Å². The number of rotatable bonds is 4. The molecular weight excluding hydrogens is 314 g/mol. The molecule has 0 amide bonds. The van der Waals surface area contributed by atoms with Gasteiger partial charge in [0.2, 0.25) is 12.0 Å². The highest BCUT2D eigenvalue weighted by molar-refractivity contribution is 5.79. The molecule has 3 heterocycles. The Kier molecular flexibility index (Phi) is 4.50. The van der Waals surface area contributed by atoms with E-state index in [0.29, 0.717) is 23.5 Å². The molecular formula is C15H22N5O4+. The second-order valence-corrected chi connectivity index (χ2v) is 6.12. The lowest BCUT2D eigenvalue weighted by atomic mass is 10.1. The van der Waals surface area contributed by atoms with Gasteiger partial charge in [-0.25, -0.2) is 9.55 Å². The zero-order valence-corrected chi connectivity index (χ0v) is 13.6. The third kappa shape index (κ3) is 2.75. The number of aliphatic hydroxyl groups is 3. The van der Waals surface area contributed by atoms with E-state index in [1.807, 2.05) is 19.9 Å². The van der Waals surface area contributed by atoms with Gasteiger partial charge in [0, 0.05) is 0 Å². The molecule has 24 heavy (non-hydrogen) atoms. The predicted molar refractivity (Wildman–Crippen MR) is 84.6 cm³/mol. The van der Waals surface area contributed by atoms with E-state index in [1.54, 1.807) is 10.9 Å². The molecule has 9 heteroatoms. The highest BCUT2D eigenvalue weighted by atomic mass is 16.6. The van der Waals surface area contributed by atoms with Crippen molar-refractivity contribution in [3.05, 3.63) is 24.3 Å². The Morgan fingerprint density at radius 3 is 2.75 bits per heavy atom. The lowest BCUT2D eigenvalue weighted by Crippen LogP contribution is -2.37.